The van der Waals surface area contributed by atoms with Crippen LogP contribution >= 0.6 is 22.9 Å². The molecule has 4 rings (SSSR count). The fourth-order valence-electron chi connectivity index (χ4n) is 3.45. The van der Waals surface area contributed by atoms with Crippen molar-refractivity contribution in [3.63, 3.8) is 0 Å². The van der Waals surface area contributed by atoms with Gasteiger partial charge in [-0.1, -0.05) is 23.7 Å². The molecule has 128 valence electrons. The molecule has 0 amide bonds. The molecule has 4 aromatic rings. The van der Waals surface area contributed by atoms with E-state index < -0.39 is 0 Å². The first-order valence-corrected chi connectivity index (χ1v) is 9.35. The molecule has 0 bridgehead atoms. The van der Waals surface area contributed by atoms with Gasteiger partial charge >= 0.3 is 0 Å². The lowest BCUT2D eigenvalue weighted by molar-refractivity contribution is 0.475. The SMILES string of the molecule is Cc1csc(C)c1-c1c(-c2ccc(O)cc2)c2cc(Cl)ccc2n1C#N. The molecule has 0 aliphatic carbocycles. The van der Waals surface area contributed by atoms with Gasteiger partial charge in [-0.15, -0.1) is 11.3 Å². The Kier molecular flexibility index (Phi) is 3.99. The maximum absolute atomic E-state index is 9.91. The van der Waals surface area contributed by atoms with E-state index >= 15 is 0 Å². The van der Waals surface area contributed by atoms with Crippen LogP contribution in [0.2, 0.25) is 5.02 Å². The van der Waals surface area contributed by atoms with Gasteiger partial charge in [-0.3, -0.25) is 0 Å². The zero-order chi connectivity index (χ0) is 18.4. The van der Waals surface area contributed by atoms with Crippen molar-refractivity contribution < 1.29 is 5.11 Å². The number of hydrogen-bond acceptors (Lipinski definition) is 3. The Hall–Kier alpha value is -2.74. The molecule has 5 heteroatoms. The minimum absolute atomic E-state index is 0.209. The molecule has 2 aromatic heterocycles. The third kappa shape index (κ3) is 2.48. The Morgan fingerprint density at radius 2 is 1.81 bits per heavy atom. The average molecular weight is 379 g/mol. The summed E-state index contributed by atoms with van der Waals surface area (Å²) in [7, 11) is 0. The molecule has 0 aliphatic rings. The van der Waals surface area contributed by atoms with Gasteiger partial charge in [0.1, 0.15) is 5.75 Å². The molecule has 0 radical (unpaired) electrons. The van der Waals surface area contributed by atoms with Crippen molar-refractivity contribution in [3.8, 4) is 34.3 Å². The minimum Gasteiger partial charge on any atom is -0.508 e. The van der Waals surface area contributed by atoms with Crippen LogP contribution in [0, 0.1) is 25.3 Å². The normalized spacial score (nSPS) is 11.0. The number of benzene rings is 2. The van der Waals surface area contributed by atoms with Crippen molar-refractivity contribution in [2.75, 3.05) is 0 Å². The number of aromatic hydroxyl groups is 1. The van der Waals surface area contributed by atoms with Crippen LogP contribution in [0.4, 0.5) is 0 Å². The summed E-state index contributed by atoms with van der Waals surface area (Å²) >= 11 is 7.94. The molecule has 0 saturated carbocycles. The zero-order valence-electron chi connectivity index (χ0n) is 14.2. The van der Waals surface area contributed by atoms with Crippen LogP contribution in [0.5, 0.6) is 5.75 Å². The first-order valence-electron chi connectivity index (χ1n) is 8.09. The summed E-state index contributed by atoms with van der Waals surface area (Å²) in [6.07, 6.45) is 2.33. The van der Waals surface area contributed by atoms with Crippen LogP contribution in [-0.2, 0) is 0 Å². The fraction of sp³-hybridized carbons (Fsp3) is 0.0952. The molecular weight excluding hydrogens is 364 g/mol. The van der Waals surface area contributed by atoms with Crippen LogP contribution < -0.4 is 0 Å². The van der Waals surface area contributed by atoms with Gasteiger partial charge in [0.25, 0.3) is 0 Å². The van der Waals surface area contributed by atoms with Gasteiger partial charge in [-0.05, 0) is 60.7 Å². The van der Waals surface area contributed by atoms with Gasteiger partial charge in [-0.2, -0.15) is 5.26 Å². The van der Waals surface area contributed by atoms with E-state index in [0.29, 0.717) is 5.02 Å². The van der Waals surface area contributed by atoms with E-state index in [4.69, 9.17) is 11.6 Å². The topological polar surface area (TPSA) is 49.0 Å². The Labute approximate surface area is 160 Å². The van der Waals surface area contributed by atoms with E-state index in [2.05, 4.69) is 25.4 Å². The number of halogens is 1. The summed E-state index contributed by atoms with van der Waals surface area (Å²) in [6, 6.07) is 12.6. The van der Waals surface area contributed by atoms with E-state index in [1.807, 2.05) is 24.3 Å². The maximum Gasteiger partial charge on any atom is 0.189 e. The van der Waals surface area contributed by atoms with Gasteiger partial charge in [0.15, 0.2) is 6.19 Å². The van der Waals surface area contributed by atoms with E-state index in [1.54, 1.807) is 34.1 Å². The predicted octanol–water partition coefficient (Wildman–Crippen LogP) is 6.34. The summed E-state index contributed by atoms with van der Waals surface area (Å²) in [5.41, 5.74) is 5.79. The molecule has 26 heavy (non-hydrogen) atoms. The van der Waals surface area contributed by atoms with Gasteiger partial charge in [0, 0.05) is 26.4 Å². The van der Waals surface area contributed by atoms with Crippen LogP contribution in [0.3, 0.4) is 0 Å². The number of phenols is 1. The standard InChI is InChI=1S/C21H15ClN2OS/c1-12-10-26-13(2)19(12)21-20(14-3-6-16(25)7-4-14)17-9-15(22)5-8-18(17)24(21)11-23/h3-10,25H,1-2H3. The first kappa shape index (κ1) is 16.7. The van der Waals surface area contributed by atoms with Crippen LogP contribution in [0.1, 0.15) is 10.4 Å². The summed E-state index contributed by atoms with van der Waals surface area (Å²) in [5, 5.41) is 23.2. The number of nitriles is 1. The van der Waals surface area contributed by atoms with E-state index in [9.17, 15) is 10.4 Å². The third-order valence-corrected chi connectivity index (χ3v) is 5.85. The molecule has 0 fully saturated rings. The Morgan fingerprint density at radius 3 is 2.42 bits per heavy atom. The largest absolute Gasteiger partial charge is 0.508 e. The van der Waals surface area contributed by atoms with Gasteiger partial charge in [0.2, 0.25) is 0 Å². The molecular formula is C21H15ClN2OS. The number of hydrogen-bond donors (Lipinski definition) is 1. The number of fused-ring (bicyclic) bond motifs is 1. The monoisotopic (exact) mass is 378 g/mol. The van der Waals surface area contributed by atoms with Crippen molar-refractivity contribution in [1.82, 2.24) is 4.57 Å². The van der Waals surface area contributed by atoms with Gasteiger partial charge < -0.3 is 5.11 Å². The van der Waals surface area contributed by atoms with Crippen molar-refractivity contribution in [2.45, 2.75) is 13.8 Å². The Bertz CT molecular complexity index is 1160. The lowest BCUT2D eigenvalue weighted by Crippen LogP contribution is -1.94. The quantitative estimate of drug-likeness (QED) is 0.442. The second-order valence-corrected chi connectivity index (χ2v) is 7.74. The fourth-order valence-corrected chi connectivity index (χ4v) is 4.47. The van der Waals surface area contributed by atoms with Crippen molar-refractivity contribution >= 4 is 33.8 Å². The molecule has 0 atom stereocenters. The number of aryl methyl sites for hydroxylation is 2. The number of rotatable bonds is 2. The lowest BCUT2D eigenvalue weighted by Gasteiger charge is -2.09. The molecule has 0 saturated heterocycles. The summed E-state index contributed by atoms with van der Waals surface area (Å²) in [4.78, 5) is 1.16. The zero-order valence-corrected chi connectivity index (χ0v) is 15.8. The Balaban J connectivity index is 2.21. The van der Waals surface area contributed by atoms with E-state index in [1.165, 1.54) is 0 Å². The van der Waals surface area contributed by atoms with Crippen LogP contribution in [0.15, 0.2) is 47.8 Å². The second kappa shape index (κ2) is 6.21. The molecule has 1 N–H and O–H groups in total. The molecule has 0 spiro atoms. The average Bonchev–Trinajstić information content (AvgIpc) is 3.11. The maximum atomic E-state index is 9.91. The highest BCUT2D eigenvalue weighted by molar-refractivity contribution is 7.10. The Morgan fingerprint density at radius 1 is 1.08 bits per heavy atom. The summed E-state index contributed by atoms with van der Waals surface area (Å²) in [6.45, 7) is 4.13. The number of nitrogens with zero attached hydrogens (tertiary/aromatic N) is 2. The van der Waals surface area contributed by atoms with Crippen LogP contribution in [0.25, 0.3) is 33.3 Å². The highest BCUT2D eigenvalue weighted by Crippen LogP contribution is 2.45. The highest BCUT2D eigenvalue weighted by atomic mass is 35.5. The van der Waals surface area contributed by atoms with E-state index in [0.717, 1.165) is 43.7 Å². The molecule has 2 heterocycles. The molecule has 0 aliphatic heterocycles. The number of thiophene rings is 1. The number of phenolic OH excluding ortho intramolecular Hbond substituents is 1. The second-order valence-electron chi connectivity index (χ2n) is 6.22. The van der Waals surface area contributed by atoms with Crippen molar-refractivity contribution in [2.24, 2.45) is 0 Å². The molecule has 2 aromatic carbocycles. The van der Waals surface area contributed by atoms with Crippen molar-refractivity contribution in [3.05, 3.63) is 63.3 Å². The predicted molar refractivity (Wildman–Crippen MR) is 108 cm³/mol. The minimum atomic E-state index is 0.209. The highest BCUT2D eigenvalue weighted by Gasteiger charge is 2.23. The summed E-state index contributed by atoms with van der Waals surface area (Å²) < 4.78 is 1.68. The lowest BCUT2D eigenvalue weighted by atomic mass is 9.97. The van der Waals surface area contributed by atoms with Gasteiger partial charge in [-0.25, -0.2) is 4.57 Å². The first-order chi connectivity index (χ1) is 12.5. The summed E-state index contributed by atoms with van der Waals surface area (Å²) in [5.74, 6) is 0.209. The van der Waals surface area contributed by atoms with Crippen molar-refractivity contribution in [1.29, 1.82) is 5.26 Å². The number of aromatic nitrogens is 1. The molecule has 0 unspecified atom stereocenters. The third-order valence-electron chi connectivity index (χ3n) is 4.58. The smallest absolute Gasteiger partial charge is 0.189 e. The van der Waals surface area contributed by atoms with Gasteiger partial charge in [0.05, 0.1) is 11.2 Å². The van der Waals surface area contributed by atoms with Crippen LogP contribution in [-0.4, -0.2) is 9.67 Å². The molecule has 3 nitrogen and oxygen atoms in total. The van der Waals surface area contributed by atoms with E-state index in [-0.39, 0.29) is 5.75 Å².